The van der Waals surface area contributed by atoms with Gasteiger partial charge in [0.1, 0.15) is 12.3 Å². The van der Waals surface area contributed by atoms with Gasteiger partial charge < -0.3 is 14.7 Å². The van der Waals surface area contributed by atoms with E-state index >= 15 is 0 Å². The second-order valence-corrected chi connectivity index (χ2v) is 5.47. The molecule has 1 aromatic heterocycles. The molecular formula is C11H13Cl2N3O3. The van der Waals surface area contributed by atoms with Crippen LogP contribution in [0.5, 0.6) is 0 Å². The van der Waals surface area contributed by atoms with Crippen molar-refractivity contribution in [3.63, 3.8) is 0 Å². The van der Waals surface area contributed by atoms with Crippen molar-refractivity contribution in [2.75, 3.05) is 11.9 Å². The maximum atomic E-state index is 11.8. The van der Waals surface area contributed by atoms with E-state index in [-0.39, 0.29) is 18.5 Å². The summed E-state index contributed by atoms with van der Waals surface area (Å²) in [5.41, 5.74) is 0. The molecule has 6 nitrogen and oxygen atoms in total. The number of amides is 2. The number of halogens is 2. The number of aryl methyl sites for hydroxylation is 1. The summed E-state index contributed by atoms with van der Waals surface area (Å²) in [6, 6.07) is 1.64. The van der Waals surface area contributed by atoms with Crippen LogP contribution in [0.2, 0.25) is 0 Å². The lowest BCUT2D eigenvalue weighted by Crippen LogP contribution is -2.42. The SMILES string of the molecule is Cc1cc(NC(=O)CN(C(=O)C(Cl)Cl)C2CC2)no1. The molecule has 0 aromatic carbocycles. The first-order chi connectivity index (χ1) is 8.97. The predicted molar refractivity (Wildman–Crippen MR) is 70.1 cm³/mol. The molecule has 1 aromatic rings. The van der Waals surface area contributed by atoms with E-state index in [9.17, 15) is 9.59 Å². The molecule has 1 heterocycles. The fourth-order valence-electron chi connectivity index (χ4n) is 1.66. The largest absolute Gasteiger partial charge is 0.360 e. The van der Waals surface area contributed by atoms with Crippen LogP contribution in [0.1, 0.15) is 18.6 Å². The van der Waals surface area contributed by atoms with Gasteiger partial charge in [0.2, 0.25) is 5.91 Å². The molecule has 0 radical (unpaired) electrons. The fourth-order valence-corrected chi connectivity index (χ4v) is 1.91. The zero-order valence-corrected chi connectivity index (χ0v) is 11.7. The third-order valence-corrected chi connectivity index (χ3v) is 3.04. The molecule has 0 atom stereocenters. The van der Waals surface area contributed by atoms with E-state index in [1.54, 1.807) is 13.0 Å². The third kappa shape index (κ3) is 3.84. The van der Waals surface area contributed by atoms with Gasteiger partial charge in [-0.2, -0.15) is 0 Å². The molecule has 0 unspecified atom stereocenters. The number of rotatable bonds is 5. The maximum absolute atomic E-state index is 11.8. The van der Waals surface area contributed by atoms with Crippen LogP contribution in [0.3, 0.4) is 0 Å². The van der Waals surface area contributed by atoms with Crippen molar-refractivity contribution in [3.05, 3.63) is 11.8 Å². The molecule has 1 aliphatic rings. The van der Waals surface area contributed by atoms with Crippen LogP contribution in [-0.2, 0) is 9.59 Å². The van der Waals surface area contributed by atoms with E-state index in [1.807, 2.05) is 0 Å². The van der Waals surface area contributed by atoms with Gasteiger partial charge in [-0.25, -0.2) is 0 Å². The van der Waals surface area contributed by atoms with Gasteiger partial charge in [0.15, 0.2) is 10.7 Å². The van der Waals surface area contributed by atoms with Crippen molar-refractivity contribution in [3.8, 4) is 0 Å². The Morgan fingerprint density at radius 1 is 1.58 bits per heavy atom. The Labute approximate surface area is 120 Å². The molecule has 0 spiro atoms. The smallest absolute Gasteiger partial charge is 0.256 e. The summed E-state index contributed by atoms with van der Waals surface area (Å²) in [6.45, 7) is 1.62. The molecule has 8 heteroatoms. The standard InChI is InChI=1S/C11H13Cl2N3O3/c1-6-4-8(15-19-6)14-9(17)5-16(7-2-3-7)11(18)10(12)13/h4,7,10H,2-3,5H2,1H3,(H,14,15,17). The normalized spacial score (nSPS) is 14.5. The number of alkyl halides is 2. The van der Waals surface area contributed by atoms with Crippen LogP contribution in [0.4, 0.5) is 5.82 Å². The first-order valence-electron chi connectivity index (χ1n) is 5.79. The number of carbonyl (C=O) groups excluding carboxylic acids is 2. The lowest BCUT2D eigenvalue weighted by molar-refractivity contribution is -0.133. The van der Waals surface area contributed by atoms with E-state index in [0.717, 1.165) is 12.8 Å². The minimum absolute atomic E-state index is 0.0531. The Morgan fingerprint density at radius 3 is 2.74 bits per heavy atom. The van der Waals surface area contributed by atoms with Gasteiger partial charge >= 0.3 is 0 Å². The van der Waals surface area contributed by atoms with Gasteiger partial charge in [0.25, 0.3) is 5.91 Å². The van der Waals surface area contributed by atoms with Crippen LogP contribution in [0.25, 0.3) is 0 Å². The third-order valence-electron chi connectivity index (χ3n) is 2.67. The highest BCUT2D eigenvalue weighted by Gasteiger charge is 2.36. The average Bonchev–Trinajstić information content (AvgIpc) is 3.10. The summed E-state index contributed by atoms with van der Waals surface area (Å²) in [6.07, 6.45) is 1.73. The van der Waals surface area contributed by atoms with Crippen LogP contribution in [-0.4, -0.2) is 39.3 Å². The van der Waals surface area contributed by atoms with E-state index in [0.29, 0.717) is 11.6 Å². The second-order valence-electron chi connectivity index (χ2n) is 4.37. The Kier molecular flexibility index (Phi) is 4.31. The highest BCUT2D eigenvalue weighted by Crippen LogP contribution is 2.28. The van der Waals surface area contributed by atoms with Crippen molar-refractivity contribution >= 4 is 40.8 Å². The molecule has 0 bridgehead atoms. The van der Waals surface area contributed by atoms with Crippen LogP contribution in [0, 0.1) is 6.92 Å². The van der Waals surface area contributed by atoms with Crippen molar-refractivity contribution in [1.29, 1.82) is 0 Å². The number of anilines is 1. The molecule has 2 amide bonds. The zero-order chi connectivity index (χ0) is 14.0. The molecule has 1 fully saturated rings. The Bertz CT molecular complexity index is 485. The summed E-state index contributed by atoms with van der Waals surface area (Å²) >= 11 is 11.1. The van der Waals surface area contributed by atoms with Crippen molar-refractivity contribution in [2.45, 2.75) is 30.6 Å². The highest BCUT2D eigenvalue weighted by atomic mass is 35.5. The average molecular weight is 306 g/mol. The Morgan fingerprint density at radius 2 is 2.26 bits per heavy atom. The summed E-state index contributed by atoms with van der Waals surface area (Å²) in [5.74, 6) is 0.103. The highest BCUT2D eigenvalue weighted by molar-refractivity contribution is 6.53. The van der Waals surface area contributed by atoms with Gasteiger partial charge in [-0.1, -0.05) is 28.4 Å². The molecule has 2 rings (SSSR count). The molecule has 1 saturated carbocycles. The van der Waals surface area contributed by atoms with Gasteiger partial charge in [-0.05, 0) is 19.8 Å². The van der Waals surface area contributed by atoms with E-state index in [1.165, 1.54) is 4.90 Å². The maximum Gasteiger partial charge on any atom is 0.256 e. The molecule has 19 heavy (non-hydrogen) atoms. The minimum Gasteiger partial charge on any atom is -0.360 e. The van der Waals surface area contributed by atoms with Crippen LogP contribution < -0.4 is 5.32 Å². The van der Waals surface area contributed by atoms with E-state index < -0.39 is 10.7 Å². The van der Waals surface area contributed by atoms with Gasteiger partial charge in [-0.15, -0.1) is 0 Å². The molecule has 1 N–H and O–H groups in total. The Balaban J connectivity index is 1.93. The lowest BCUT2D eigenvalue weighted by Gasteiger charge is -2.21. The summed E-state index contributed by atoms with van der Waals surface area (Å²) in [4.78, 5) is 23.8. The van der Waals surface area contributed by atoms with Crippen molar-refractivity contribution < 1.29 is 14.1 Å². The van der Waals surface area contributed by atoms with Crippen LogP contribution in [0.15, 0.2) is 10.6 Å². The molecular weight excluding hydrogens is 293 g/mol. The lowest BCUT2D eigenvalue weighted by atomic mass is 10.4. The summed E-state index contributed by atoms with van der Waals surface area (Å²) in [7, 11) is 0. The van der Waals surface area contributed by atoms with Gasteiger partial charge in [-0.3, -0.25) is 9.59 Å². The number of aromatic nitrogens is 1. The fraction of sp³-hybridized carbons (Fsp3) is 0.545. The minimum atomic E-state index is -1.15. The first-order valence-corrected chi connectivity index (χ1v) is 6.66. The molecule has 1 aliphatic carbocycles. The topological polar surface area (TPSA) is 75.4 Å². The number of nitrogens with one attached hydrogen (secondary N) is 1. The Hall–Kier alpha value is -1.27. The predicted octanol–water partition coefficient (Wildman–Crippen LogP) is 1.72. The van der Waals surface area contributed by atoms with Crippen molar-refractivity contribution in [2.24, 2.45) is 0 Å². The summed E-state index contributed by atoms with van der Waals surface area (Å²) < 4.78 is 4.83. The molecule has 104 valence electrons. The molecule has 0 aliphatic heterocycles. The summed E-state index contributed by atoms with van der Waals surface area (Å²) in [5, 5.41) is 6.19. The second kappa shape index (κ2) is 5.79. The van der Waals surface area contributed by atoms with E-state index in [4.69, 9.17) is 27.7 Å². The van der Waals surface area contributed by atoms with Gasteiger partial charge in [0, 0.05) is 12.1 Å². The number of hydrogen-bond donors (Lipinski definition) is 1. The first kappa shape index (κ1) is 14.1. The van der Waals surface area contributed by atoms with Crippen molar-refractivity contribution in [1.82, 2.24) is 10.1 Å². The quantitative estimate of drug-likeness (QED) is 0.840. The van der Waals surface area contributed by atoms with E-state index in [2.05, 4.69) is 10.5 Å². The number of hydrogen-bond acceptors (Lipinski definition) is 4. The van der Waals surface area contributed by atoms with Crippen LogP contribution >= 0.6 is 23.2 Å². The van der Waals surface area contributed by atoms with Gasteiger partial charge in [0.05, 0.1) is 0 Å². The monoisotopic (exact) mass is 305 g/mol. The zero-order valence-electron chi connectivity index (χ0n) is 10.2. The number of carbonyl (C=O) groups is 2. The number of nitrogens with zero attached hydrogens (tertiary/aromatic N) is 2. The molecule has 0 saturated heterocycles.